The van der Waals surface area contributed by atoms with Crippen molar-refractivity contribution in [2.24, 2.45) is 4.99 Å². The second kappa shape index (κ2) is 5.54. The molecule has 1 aromatic rings. The third-order valence-corrected chi connectivity index (χ3v) is 7.44. The van der Waals surface area contributed by atoms with Crippen molar-refractivity contribution in [3.8, 4) is 0 Å². The van der Waals surface area contributed by atoms with Gasteiger partial charge in [-0.25, -0.2) is 8.42 Å². The number of anilines is 1. The largest absolute Gasteiger partial charge is 0.315 e. The van der Waals surface area contributed by atoms with Crippen LogP contribution in [-0.4, -0.2) is 42.3 Å². The van der Waals surface area contributed by atoms with Crippen LogP contribution in [0.3, 0.4) is 0 Å². The highest BCUT2D eigenvalue weighted by Crippen LogP contribution is 2.42. The van der Waals surface area contributed by atoms with E-state index >= 15 is 0 Å². The Morgan fingerprint density at radius 2 is 2.14 bits per heavy atom. The fraction of sp³-hybridized carbons (Fsp3) is 0.429. The summed E-state index contributed by atoms with van der Waals surface area (Å²) < 4.78 is 23.9. The summed E-state index contributed by atoms with van der Waals surface area (Å²) >= 11 is 7.55. The van der Waals surface area contributed by atoms with E-state index in [1.807, 2.05) is 24.0 Å². The van der Waals surface area contributed by atoms with Crippen molar-refractivity contribution >= 4 is 50.0 Å². The molecule has 2 saturated heterocycles. The lowest BCUT2D eigenvalue weighted by molar-refractivity contribution is -0.115. The molecule has 1 aromatic carbocycles. The fourth-order valence-corrected chi connectivity index (χ4v) is 6.96. The number of benzene rings is 1. The minimum Gasteiger partial charge on any atom is -0.315 e. The number of nitrogens with zero attached hydrogens (tertiary/aromatic N) is 2. The second-order valence-corrected chi connectivity index (χ2v) is 9.24. The number of hydrogen-bond donors (Lipinski definition) is 0. The Bertz CT molecular complexity index is 776. The summed E-state index contributed by atoms with van der Waals surface area (Å²) in [6, 6.07) is 5.28. The highest BCUT2D eigenvalue weighted by atomic mass is 35.5. The van der Waals surface area contributed by atoms with Gasteiger partial charge in [-0.05, 0) is 24.6 Å². The SMILES string of the molecule is CC(=O)N=C1S[C@@H]2CS(=O)(=O)C[C@@H]2N1c1cccc(Cl)c1C. The number of aliphatic imine (C=N–C) groups is 1. The van der Waals surface area contributed by atoms with Gasteiger partial charge in [-0.1, -0.05) is 29.4 Å². The van der Waals surface area contributed by atoms with Crippen LogP contribution in [-0.2, 0) is 14.6 Å². The monoisotopic (exact) mass is 358 g/mol. The van der Waals surface area contributed by atoms with Gasteiger partial charge in [0.1, 0.15) is 0 Å². The van der Waals surface area contributed by atoms with Crippen LogP contribution in [0, 0.1) is 6.92 Å². The Balaban J connectivity index is 2.10. The molecular weight excluding hydrogens is 344 g/mol. The smallest absolute Gasteiger partial charge is 0.244 e. The number of thioether (sulfide) groups is 1. The number of amides is 1. The topological polar surface area (TPSA) is 66.8 Å². The van der Waals surface area contributed by atoms with Crippen molar-refractivity contribution < 1.29 is 13.2 Å². The summed E-state index contributed by atoms with van der Waals surface area (Å²) in [5.41, 5.74) is 1.66. The molecule has 0 aromatic heterocycles. The van der Waals surface area contributed by atoms with E-state index < -0.39 is 9.84 Å². The lowest BCUT2D eigenvalue weighted by Gasteiger charge is -2.26. The van der Waals surface area contributed by atoms with Gasteiger partial charge in [0, 0.05) is 22.9 Å². The number of hydrogen-bond acceptors (Lipinski definition) is 4. The second-order valence-electron chi connectivity index (χ2n) is 5.47. The fourth-order valence-electron chi connectivity index (χ4n) is 2.84. The Hall–Kier alpha value is -1.05. The molecule has 22 heavy (non-hydrogen) atoms. The van der Waals surface area contributed by atoms with Crippen molar-refractivity contribution in [1.82, 2.24) is 0 Å². The molecule has 118 valence electrons. The van der Waals surface area contributed by atoms with Crippen molar-refractivity contribution in [1.29, 1.82) is 0 Å². The molecule has 2 aliphatic rings. The first-order chi connectivity index (χ1) is 10.3. The van der Waals surface area contributed by atoms with Crippen molar-refractivity contribution in [3.63, 3.8) is 0 Å². The van der Waals surface area contributed by atoms with Crippen molar-refractivity contribution in [2.45, 2.75) is 25.1 Å². The van der Waals surface area contributed by atoms with Gasteiger partial charge in [0.05, 0.1) is 17.5 Å². The minimum absolute atomic E-state index is 0.0769. The van der Waals surface area contributed by atoms with Gasteiger partial charge >= 0.3 is 0 Å². The summed E-state index contributed by atoms with van der Waals surface area (Å²) in [5, 5.41) is 1.07. The third kappa shape index (κ3) is 2.77. The lowest BCUT2D eigenvalue weighted by Crippen LogP contribution is -2.38. The van der Waals surface area contributed by atoms with Crippen LogP contribution in [0.4, 0.5) is 5.69 Å². The average Bonchev–Trinajstić information content (AvgIpc) is 2.84. The molecule has 2 heterocycles. The van der Waals surface area contributed by atoms with E-state index in [1.165, 1.54) is 18.7 Å². The van der Waals surface area contributed by atoms with Gasteiger partial charge < -0.3 is 4.90 Å². The number of carbonyl (C=O) groups excluding carboxylic acids is 1. The lowest BCUT2D eigenvalue weighted by atomic mass is 10.1. The Morgan fingerprint density at radius 3 is 2.82 bits per heavy atom. The zero-order valence-electron chi connectivity index (χ0n) is 12.1. The molecule has 0 saturated carbocycles. The van der Waals surface area contributed by atoms with Gasteiger partial charge in [0.2, 0.25) is 5.91 Å². The highest BCUT2D eigenvalue weighted by Gasteiger charge is 2.49. The zero-order valence-corrected chi connectivity index (χ0v) is 14.5. The minimum atomic E-state index is -3.06. The van der Waals surface area contributed by atoms with Gasteiger partial charge in [-0.15, -0.1) is 0 Å². The molecule has 2 aliphatic heterocycles. The van der Waals surface area contributed by atoms with Crippen molar-refractivity contribution in [3.05, 3.63) is 28.8 Å². The highest BCUT2D eigenvalue weighted by molar-refractivity contribution is 8.16. The van der Waals surface area contributed by atoms with E-state index in [1.54, 1.807) is 6.07 Å². The first kappa shape index (κ1) is 15.8. The summed E-state index contributed by atoms with van der Waals surface area (Å²) in [7, 11) is -3.06. The molecule has 5 nitrogen and oxygen atoms in total. The van der Waals surface area contributed by atoms with Crippen molar-refractivity contribution in [2.75, 3.05) is 16.4 Å². The zero-order chi connectivity index (χ0) is 16.1. The molecule has 0 spiro atoms. The van der Waals surface area contributed by atoms with Crippen LogP contribution in [0.1, 0.15) is 12.5 Å². The summed E-state index contributed by atoms with van der Waals surface area (Å²) in [6.45, 7) is 3.27. The molecule has 2 atom stereocenters. The number of halogens is 1. The molecule has 0 N–H and O–H groups in total. The maximum absolute atomic E-state index is 11.9. The number of fused-ring (bicyclic) bond motifs is 1. The first-order valence-electron chi connectivity index (χ1n) is 6.79. The molecule has 0 bridgehead atoms. The molecular formula is C14H15ClN2O3S2. The standard InChI is InChI=1S/C14H15ClN2O3S2/c1-8-10(15)4-3-5-11(8)17-12-6-22(19,20)7-13(12)21-14(17)16-9(2)18/h3-5,12-13H,6-7H2,1-2H3/t12-,13+/m0/s1. The van der Waals surface area contributed by atoms with E-state index in [-0.39, 0.29) is 28.7 Å². The molecule has 0 aliphatic carbocycles. The summed E-state index contributed by atoms with van der Waals surface area (Å²) in [6.07, 6.45) is 0. The van der Waals surface area contributed by atoms with Gasteiger partial charge in [0.25, 0.3) is 0 Å². The molecule has 0 radical (unpaired) electrons. The Morgan fingerprint density at radius 1 is 1.41 bits per heavy atom. The van der Waals surface area contributed by atoms with Crippen LogP contribution >= 0.6 is 23.4 Å². The summed E-state index contributed by atoms with van der Waals surface area (Å²) in [5.74, 6) is -0.0989. The van der Waals surface area contributed by atoms with E-state index in [0.717, 1.165) is 11.3 Å². The Kier molecular flexibility index (Phi) is 3.99. The normalized spacial score (nSPS) is 28.1. The maximum Gasteiger partial charge on any atom is 0.244 e. The first-order valence-corrected chi connectivity index (χ1v) is 9.87. The van der Waals surface area contributed by atoms with E-state index in [0.29, 0.717) is 10.2 Å². The number of carbonyl (C=O) groups is 1. The van der Waals surface area contributed by atoms with Gasteiger partial charge in [-0.3, -0.25) is 4.79 Å². The Labute approximate surface area is 138 Å². The van der Waals surface area contributed by atoms with Gasteiger partial charge in [-0.2, -0.15) is 4.99 Å². The third-order valence-electron chi connectivity index (χ3n) is 3.82. The molecule has 3 rings (SSSR count). The van der Waals surface area contributed by atoms with Crippen LogP contribution in [0.5, 0.6) is 0 Å². The number of rotatable bonds is 1. The predicted molar refractivity (Wildman–Crippen MR) is 90.6 cm³/mol. The molecule has 2 fully saturated rings. The van der Waals surface area contributed by atoms with Crippen LogP contribution in [0.15, 0.2) is 23.2 Å². The van der Waals surface area contributed by atoms with Crippen LogP contribution in [0.25, 0.3) is 0 Å². The quantitative estimate of drug-likeness (QED) is 0.770. The van der Waals surface area contributed by atoms with E-state index in [2.05, 4.69) is 4.99 Å². The van der Waals surface area contributed by atoms with Crippen LogP contribution in [0.2, 0.25) is 5.02 Å². The maximum atomic E-state index is 11.9. The summed E-state index contributed by atoms with van der Waals surface area (Å²) in [4.78, 5) is 17.3. The predicted octanol–water partition coefficient (Wildman–Crippen LogP) is 2.27. The molecule has 1 amide bonds. The number of sulfone groups is 1. The molecule has 8 heteroatoms. The van der Waals surface area contributed by atoms with Crippen LogP contribution < -0.4 is 4.90 Å². The van der Waals surface area contributed by atoms with E-state index in [9.17, 15) is 13.2 Å². The molecule has 0 unspecified atom stereocenters. The van der Waals surface area contributed by atoms with E-state index in [4.69, 9.17) is 11.6 Å². The van der Waals surface area contributed by atoms with Gasteiger partial charge in [0.15, 0.2) is 15.0 Å². The number of amidine groups is 1. The average molecular weight is 359 g/mol.